The number of rotatable bonds is 8. The first-order valence-corrected chi connectivity index (χ1v) is 23.6. The van der Waals surface area contributed by atoms with Crippen LogP contribution in [0.4, 0.5) is 68.1 Å². The van der Waals surface area contributed by atoms with Crippen LogP contribution in [0.3, 0.4) is 0 Å². The minimum Gasteiger partial charge on any atom is -0.453 e. The molecule has 4 saturated heterocycles. The van der Waals surface area contributed by atoms with E-state index in [-0.39, 0.29) is 34.5 Å². The summed E-state index contributed by atoms with van der Waals surface area (Å²) in [7, 11) is 1.36. The van der Waals surface area contributed by atoms with Crippen LogP contribution in [0.25, 0.3) is 21.8 Å². The molecule has 0 radical (unpaired) electrons. The van der Waals surface area contributed by atoms with Crippen LogP contribution in [0.15, 0.2) is 61.2 Å². The first kappa shape index (κ1) is 48.3. The van der Waals surface area contributed by atoms with E-state index in [0.29, 0.717) is 80.0 Å². The highest BCUT2D eigenvalue weighted by Gasteiger charge is 2.31. The summed E-state index contributed by atoms with van der Waals surface area (Å²) in [6.07, 6.45) is 6.61. The highest BCUT2D eigenvalue weighted by Crippen LogP contribution is 2.40. The van der Waals surface area contributed by atoms with Crippen molar-refractivity contribution in [2.24, 2.45) is 0 Å². The molecule has 4 aromatic heterocycles. The number of fused-ring (bicyclic) bond motifs is 2. The van der Waals surface area contributed by atoms with Gasteiger partial charge in [-0.25, -0.2) is 32.3 Å². The number of hydrogen-bond donors (Lipinski definition) is 3. The predicted octanol–water partition coefficient (Wildman–Crippen LogP) is 7.67. The molecule has 2 aromatic carbocycles. The van der Waals surface area contributed by atoms with Gasteiger partial charge in [0.15, 0.2) is 0 Å². The normalized spacial score (nSPS) is 18.7. The van der Waals surface area contributed by atoms with Crippen LogP contribution in [0.1, 0.15) is 25.0 Å². The van der Waals surface area contributed by atoms with Gasteiger partial charge in [0, 0.05) is 113 Å². The number of aromatic nitrogens is 4. The fourth-order valence-electron chi connectivity index (χ4n) is 9.65. The number of benzene rings is 2. The summed E-state index contributed by atoms with van der Waals surface area (Å²) in [5.41, 5.74) is 6.44. The molecule has 6 aromatic rings. The molecule has 0 unspecified atom stereocenters. The first-order valence-electron chi connectivity index (χ1n) is 23.6. The minimum atomic E-state index is -0.696. The third kappa shape index (κ3) is 10.2. The zero-order valence-electron chi connectivity index (χ0n) is 40.0. The molecule has 2 atom stereocenters. The van der Waals surface area contributed by atoms with Gasteiger partial charge in [-0.05, 0) is 39.8 Å². The van der Waals surface area contributed by atoms with Crippen molar-refractivity contribution in [3.63, 3.8) is 0 Å². The maximum atomic E-state index is 15.2. The number of carbonyl (C=O) groups is 1. The van der Waals surface area contributed by atoms with Gasteiger partial charge in [0.25, 0.3) is 0 Å². The summed E-state index contributed by atoms with van der Waals surface area (Å²) in [6.45, 7) is 17.5. The number of amides is 1. The van der Waals surface area contributed by atoms with Crippen LogP contribution in [-0.2, 0) is 14.2 Å². The Morgan fingerprint density at radius 3 is 1.60 bits per heavy atom. The van der Waals surface area contributed by atoms with Gasteiger partial charge >= 0.3 is 6.09 Å². The molecule has 1 amide bonds. The van der Waals surface area contributed by atoms with Crippen molar-refractivity contribution in [3.8, 4) is 0 Å². The zero-order valence-corrected chi connectivity index (χ0v) is 40.0. The highest BCUT2D eigenvalue weighted by atomic mass is 19.1. The average molecular weight is 967 g/mol. The zero-order chi connectivity index (χ0) is 49.1. The van der Waals surface area contributed by atoms with Crippen LogP contribution in [-0.4, -0.2) is 142 Å². The topological polar surface area (TPSA) is 149 Å². The number of ether oxygens (including phenoxy) is 3. The summed E-state index contributed by atoms with van der Waals surface area (Å²) in [6, 6.07) is 8.39. The Balaban J connectivity index is 0.000000175. The molecule has 10 rings (SSSR count). The van der Waals surface area contributed by atoms with Gasteiger partial charge in [0.05, 0.1) is 114 Å². The predicted molar refractivity (Wildman–Crippen MR) is 264 cm³/mol. The Kier molecular flexibility index (Phi) is 14.5. The molecule has 8 heterocycles. The first-order chi connectivity index (χ1) is 33.9. The number of hydrogen-bond acceptors (Lipinski definition) is 15. The van der Waals surface area contributed by atoms with Crippen LogP contribution >= 0.6 is 0 Å². The van der Waals surface area contributed by atoms with Crippen molar-refractivity contribution in [2.45, 2.75) is 39.8 Å². The van der Waals surface area contributed by atoms with E-state index >= 15 is 8.78 Å². The molecule has 370 valence electrons. The van der Waals surface area contributed by atoms with E-state index in [0.717, 1.165) is 86.4 Å². The molecule has 70 heavy (non-hydrogen) atoms. The van der Waals surface area contributed by atoms with Crippen molar-refractivity contribution < 1.29 is 36.6 Å². The molecule has 0 spiro atoms. The Morgan fingerprint density at radius 2 is 1.14 bits per heavy atom. The Hall–Kier alpha value is -6.77. The molecule has 20 heteroatoms. The number of nitrogens with zero attached hydrogens (tertiary/aromatic N) is 9. The molecule has 0 aliphatic carbocycles. The van der Waals surface area contributed by atoms with Gasteiger partial charge in [-0.2, -0.15) is 0 Å². The smallest absolute Gasteiger partial charge is 0.409 e. The fraction of sp³-hybridized carbons (Fsp3) is 0.420. The monoisotopic (exact) mass is 966 g/mol. The minimum absolute atomic E-state index is 0.0888. The van der Waals surface area contributed by atoms with E-state index in [4.69, 9.17) is 19.2 Å². The maximum Gasteiger partial charge on any atom is 0.409 e. The van der Waals surface area contributed by atoms with Crippen LogP contribution in [0.2, 0.25) is 0 Å². The quantitative estimate of drug-likeness (QED) is 0.128. The standard InChI is InChI=1S/C26H30F2N6O3.C24H28F2N6O/c1-16-15-33(26(35)36-3)4-5-34(16)25-17(2)24(23-21(28)10-18(27)11-22(23)31-25)30-19-12-20(14-29-13-19)32-6-8-37-9-7-32;1-15-12-27-3-4-32(15)24-16(2)23(22-20(26)9-17(25)10-21(22)30-24)29-18-11-19(14-28-13-18)31-5-7-33-8-6-31/h10-14,16H,4-9,15H2,1-3H3,(H,30,31);9-11,13-15,27H,3-8,12H2,1-2H3,(H,29,30)/t16-;15-/m11/s1. The van der Waals surface area contributed by atoms with Crippen molar-refractivity contribution in [1.82, 2.24) is 30.2 Å². The van der Waals surface area contributed by atoms with Gasteiger partial charge in [-0.1, -0.05) is 0 Å². The molecule has 3 N–H and O–H groups in total. The average Bonchev–Trinajstić information content (AvgIpc) is 3.36. The summed E-state index contributed by atoms with van der Waals surface area (Å²) in [4.78, 5) is 40.5. The van der Waals surface area contributed by atoms with Crippen molar-refractivity contribution in [2.75, 3.05) is 129 Å². The number of morpholine rings is 2. The molecule has 4 fully saturated rings. The molecule has 0 saturated carbocycles. The SMILES string of the molecule is COC(=O)N1CCN(c2nc3cc(F)cc(F)c3c(Nc3cncc(N4CCOCC4)c3)c2C)[C@H](C)C1.Cc1c(N2CCNC[C@H]2C)nc2cc(F)cc(F)c2c1Nc1cncc(N2CCOCC2)c1. The third-order valence-electron chi connectivity index (χ3n) is 13.3. The lowest BCUT2D eigenvalue weighted by atomic mass is 10.1. The number of carbonyl (C=O) groups excluding carboxylic acids is 1. The number of methoxy groups -OCH3 is 1. The Bertz CT molecular complexity index is 2870. The summed E-state index contributed by atoms with van der Waals surface area (Å²) < 4.78 is 74.3. The molecular formula is C50H58F4N12O4. The van der Waals surface area contributed by atoms with E-state index in [9.17, 15) is 13.6 Å². The van der Waals surface area contributed by atoms with Crippen molar-refractivity contribution in [3.05, 3.63) is 95.6 Å². The fourth-order valence-corrected chi connectivity index (χ4v) is 9.65. The second kappa shape index (κ2) is 21.1. The Morgan fingerprint density at radius 1 is 0.657 bits per heavy atom. The van der Waals surface area contributed by atoms with Crippen molar-refractivity contribution in [1.29, 1.82) is 0 Å². The lowest BCUT2D eigenvalue weighted by molar-refractivity contribution is 0.115. The largest absolute Gasteiger partial charge is 0.453 e. The van der Waals surface area contributed by atoms with E-state index < -0.39 is 23.3 Å². The van der Waals surface area contributed by atoms with Gasteiger partial charge in [-0.15, -0.1) is 0 Å². The van der Waals surface area contributed by atoms with Gasteiger partial charge < -0.3 is 54.7 Å². The summed E-state index contributed by atoms with van der Waals surface area (Å²) in [5.74, 6) is -1.33. The number of piperazine rings is 2. The van der Waals surface area contributed by atoms with Crippen molar-refractivity contribution >= 4 is 73.7 Å². The van der Waals surface area contributed by atoms with Gasteiger partial charge in [0.2, 0.25) is 0 Å². The highest BCUT2D eigenvalue weighted by molar-refractivity contribution is 5.99. The van der Waals surface area contributed by atoms with Crippen LogP contribution in [0, 0.1) is 37.1 Å². The molecule has 4 aliphatic heterocycles. The number of anilines is 8. The second-order valence-corrected chi connectivity index (χ2v) is 18.0. The molecule has 16 nitrogen and oxygen atoms in total. The molecule has 4 aliphatic rings. The third-order valence-corrected chi connectivity index (χ3v) is 13.3. The molecule has 0 bridgehead atoms. The van der Waals surface area contributed by atoms with E-state index in [1.54, 1.807) is 23.5 Å². The lowest BCUT2D eigenvalue weighted by Gasteiger charge is -2.40. The van der Waals surface area contributed by atoms with Crippen LogP contribution < -0.4 is 35.6 Å². The number of nitrogens with one attached hydrogen (secondary N) is 3. The maximum absolute atomic E-state index is 15.2. The summed E-state index contributed by atoms with van der Waals surface area (Å²) >= 11 is 0. The number of pyridine rings is 4. The second-order valence-electron chi connectivity index (χ2n) is 18.0. The Labute approximate surface area is 403 Å². The lowest BCUT2D eigenvalue weighted by Crippen LogP contribution is -2.54. The molecular weight excluding hydrogens is 909 g/mol. The van der Waals surface area contributed by atoms with Gasteiger partial charge in [-0.3, -0.25) is 9.97 Å². The van der Waals surface area contributed by atoms with Gasteiger partial charge in [0.1, 0.15) is 34.9 Å². The van der Waals surface area contributed by atoms with E-state index in [2.05, 4.69) is 57.4 Å². The van der Waals surface area contributed by atoms with E-state index in [1.165, 1.54) is 19.2 Å². The van der Waals surface area contributed by atoms with E-state index in [1.807, 2.05) is 39.1 Å². The number of halogens is 4. The van der Waals surface area contributed by atoms with Crippen LogP contribution in [0.5, 0.6) is 0 Å². The summed E-state index contributed by atoms with van der Waals surface area (Å²) in [5, 5.41) is 10.6.